The van der Waals surface area contributed by atoms with Crippen molar-refractivity contribution >= 4 is 18.0 Å². The van der Waals surface area contributed by atoms with Gasteiger partial charge in [0, 0.05) is 25.3 Å². The number of carboxylic acid groups (broad SMARTS) is 1. The number of nitrogens with one attached hydrogen (secondary N) is 1. The molecule has 0 spiro atoms. The Morgan fingerprint density at radius 1 is 1.04 bits per heavy atom. The van der Waals surface area contributed by atoms with E-state index >= 15 is 0 Å². The average Bonchev–Trinajstić information content (AvgIpc) is 2.54. The summed E-state index contributed by atoms with van der Waals surface area (Å²) in [7, 11) is 0. The van der Waals surface area contributed by atoms with Crippen molar-refractivity contribution in [1.82, 2.24) is 5.32 Å². The molecule has 0 saturated heterocycles. The summed E-state index contributed by atoms with van der Waals surface area (Å²) in [4.78, 5) is 34.0. The molecule has 0 radical (unpaired) electrons. The van der Waals surface area contributed by atoms with Crippen molar-refractivity contribution in [3.8, 4) is 0 Å². The highest BCUT2D eigenvalue weighted by Crippen LogP contribution is 2.22. The SMILES string of the molecule is CCC(=O)O[C@H](OC(=O)NCCC[C@@H](CCC(=O)O)CC(C)C)C(C)C. The molecule has 0 aliphatic carbocycles. The number of carboxylic acids is 1. The van der Waals surface area contributed by atoms with Crippen LogP contribution in [0.5, 0.6) is 0 Å². The molecule has 0 aromatic rings. The van der Waals surface area contributed by atoms with Gasteiger partial charge in [0.15, 0.2) is 0 Å². The first-order valence-corrected chi connectivity index (χ1v) is 9.51. The van der Waals surface area contributed by atoms with Gasteiger partial charge in [-0.25, -0.2) is 4.79 Å². The lowest BCUT2D eigenvalue weighted by molar-refractivity contribution is -0.174. The van der Waals surface area contributed by atoms with Crippen molar-refractivity contribution in [3.63, 3.8) is 0 Å². The number of amides is 1. The van der Waals surface area contributed by atoms with Crippen molar-refractivity contribution in [2.45, 2.75) is 79.4 Å². The maximum absolute atomic E-state index is 11.9. The molecule has 0 aromatic heterocycles. The van der Waals surface area contributed by atoms with E-state index in [2.05, 4.69) is 19.2 Å². The first kappa shape index (κ1) is 24.2. The maximum atomic E-state index is 11.9. The minimum atomic E-state index is -0.897. The lowest BCUT2D eigenvalue weighted by Gasteiger charge is -2.21. The van der Waals surface area contributed by atoms with E-state index in [4.69, 9.17) is 14.6 Å². The molecule has 0 aliphatic heterocycles. The highest BCUT2D eigenvalue weighted by molar-refractivity contribution is 5.70. The third-order valence-electron chi connectivity index (χ3n) is 3.93. The van der Waals surface area contributed by atoms with Gasteiger partial charge in [-0.05, 0) is 37.5 Å². The van der Waals surface area contributed by atoms with E-state index in [9.17, 15) is 14.4 Å². The van der Waals surface area contributed by atoms with Crippen molar-refractivity contribution in [1.29, 1.82) is 0 Å². The third-order valence-corrected chi connectivity index (χ3v) is 3.93. The van der Waals surface area contributed by atoms with Gasteiger partial charge in [-0.3, -0.25) is 9.59 Å². The number of alkyl carbamates (subject to hydrolysis) is 1. The van der Waals surface area contributed by atoms with E-state index in [0.717, 1.165) is 19.3 Å². The molecule has 1 amide bonds. The molecule has 2 atom stereocenters. The predicted molar refractivity (Wildman–Crippen MR) is 98.5 cm³/mol. The van der Waals surface area contributed by atoms with Gasteiger partial charge in [-0.2, -0.15) is 0 Å². The van der Waals surface area contributed by atoms with E-state index in [1.807, 2.05) is 0 Å². The average molecular weight is 373 g/mol. The summed E-state index contributed by atoms with van der Waals surface area (Å²) in [5.41, 5.74) is 0. The zero-order valence-corrected chi connectivity index (χ0v) is 16.7. The Morgan fingerprint density at radius 2 is 1.69 bits per heavy atom. The summed E-state index contributed by atoms with van der Waals surface area (Å²) < 4.78 is 10.3. The summed E-state index contributed by atoms with van der Waals surface area (Å²) >= 11 is 0. The summed E-state index contributed by atoms with van der Waals surface area (Å²) in [6.45, 7) is 9.96. The largest absolute Gasteiger partial charge is 0.481 e. The Bertz CT molecular complexity index is 436. The number of hydrogen-bond acceptors (Lipinski definition) is 5. The molecule has 0 heterocycles. The van der Waals surface area contributed by atoms with Crippen molar-refractivity contribution < 1.29 is 29.0 Å². The van der Waals surface area contributed by atoms with E-state index in [1.54, 1.807) is 20.8 Å². The topological polar surface area (TPSA) is 102 Å². The summed E-state index contributed by atoms with van der Waals surface area (Å²) in [5, 5.41) is 11.5. The fourth-order valence-electron chi connectivity index (χ4n) is 2.61. The molecular weight excluding hydrogens is 338 g/mol. The first-order valence-electron chi connectivity index (χ1n) is 9.51. The smallest absolute Gasteiger partial charge is 0.410 e. The van der Waals surface area contributed by atoms with E-state index in [0.29, 0.717) is 24.8 Å². The minimum Gasteiger partial charge on any atom is -0.481 e. The highest BCUT2D eigenvalue weighted by atomic mass is 16.7. The molecule has 0 aromatic carbocycles. The minimum absolute atomic E-state index is 0.136. The number of rotatable bonds is 13. The van der Waals surface area contributed by atoms with Crippen LogP contribution >= 0.6 is 0 Å². The Kier molecular flexibility index (Phi) is 12.5. The fraction of sp³-hybridized carbons (Fsp3) is 0.842. The van der Waals surface area contributed by atoms with Gasteiger partial charge >= 0.3 is 18.0 Å². The van der Waals surface area contributed by atoms with Gasteiger partial charge in [0.05, 0.1) is 0 Å². The molecular formula is C19H35NO6. The fourth-order valence-corrected chi connectivity index (χ4v) is 2.61. The molecule has 0 aliphatic rings. The van der Waals surface area contributed by atoms with Gasteiger partial charge in [-0.1, -0.05) is 34.6 Å². The van der Waals surface area contributed by atoms with Crippen LogP contribution in [0.25, 0.3) is 0 Å². The van der Waals surface area contributed by atoms with Crippen LogP contribution in [0.15, 0.2) is 0 Å². The maximum Gasteiger partial charge on any atom is 0.410 e. The van der Waals surface area contributed by atoms with Crippen LogP contribution in [0.3, 0.4) is 0 Å². The zero-order valence-electron chi connectivity index (χ0n) is 16.7. The van der Waals surface area contributed by atoms with Crippen LogP contribution in [-0.2, 0) is 19.1 Å². The monoisotopic (exact) mass is 373 g/mol. The molecule has 7 heteroatoms. The van der Waals surface area contributed by atoms with Crippen molar-refractivity contribution in [3.05, 3.63) is 0 Å². The number of esters is 1. The Balaban J connectivity index is 4.22. The van der Waals surface area contributed by atoms with Crippen LogP contribution in [0.1, 0.15) is 73.1 Å². The molecule has 26 heavy (non-hydrogen) atoms. The molecule has 0 saturated carbocycles. The van der Waals surface area contributed by atoms with Crippen molar-refractivity contribution in [2.75, 3.05) is 6.54 Å². The van der Waals surface area contributed by atoms with Crippen LogP contribution in [-0.4, -0.2) is 36.0 Å². The molecule has 0 rings (SSSR count). The first-order chi connectivity index (χ1) is 12.1. The Hall–Kier alpha value is -1.79. The summed E-state index contributed by atoms with van der Waals surface area (Å²) in [6.07, 6.45) is 2.11. The molecule has 2 N–H and O–H groups in total. The van der Waals surface area contributed by atoms with E-state index < -0.39 is 24.3 Å². The molecule has 0 fully saturated rings. The van der Waals surface area contributed by atoms with E-state index in [1.165, 1.54) is 0 Å². The Labute approximate surface area is 156 Å². The zero-order chi connectivity index (χ0) is 20.1. The molecule has 0 bridgehead atoms. The van der Waals surface area contributed by atoms with Gasteiger partial charge in [-0.15, -0.1) is 0 Å². The van der Waals surface area contributed by atoms with Gasteiger partial charge in [0.1, 0.15) is 0 Å². The van der Waals surface area contributed by atoms with Gasteiger partial charge in [0.2, 0.25) is 0 Å². The van der Waals surface area contributed by atoms with E-state index in [-0.39, 0.29) is 18.8 Å². The quantitative estimate of drug-likeness (QED) is 0.288. The molecule has 0 unspecified atom stereocenters. The number of ether oxygens (including phenoxy) is 2. The number of carbonyl (C=O) groups is 3. The second kappa shape index (κ2) is 13.4. The van der Waals surface area contributed by atoms with Gasteiger partial charge in [0.25, 0.3) is 6.29 Å². The van der Waals surface area contributed by atoms with Crippen LogP contribution in [0, 0.1) is 17.8 Å². The standard InChI is InChI=1S/C19H35NO6/c1-6-17(23)25-18(14(4)5)26-19(24)20-11-7-8-15(12-13(2)3)9-10-16(21)22/h13-15,18H,6-12H2,1-5H3,(H,20,24)(H,21,22)/t15-,18+/m0/s1. The second-order valence-electron chi connectivity index (χ2n) is 7.36. The van der Waals surface area contributed by atoms with Crippen LogP contribution < -0.4 is 5.32 Å². The second-order valence-corrected chi connectivity index (χ2v) is 7.36. The number of carbonyl (C=O) groups excluding carboxylic acids is 2. The lowest BCUT2D eigenvalue weighted by Crippen LogP contribution is -2.35. The van der Waals surface area contributed by atoms with Crippen LogP contribution in [0.4, 0.5) is 4.79 Å². The lowest BCUT2D eigenvalue weighted by atomic mass is 9.89. The Morgan fingerprint density at radius 3 is 2.19 bits per heavy atom. The number of aliphatic carboxylic acids is 1. The number of hydrogen-bond donors (Lipinski definition) is 2. The normalized spacial score (nSPS) is 13.3. The highest BCUT2D eigenvalue weighted by Gasteiger charge is 2.22. The van der Waals surface area contributed by atoms with Crippen LogP contribution in [0.2, 0.25) is 0 Å². The van der Waals surface area contributed by atoms with Gasteiger partial charge < -0.3 is 19.9 Å². The summed E-state index contributed by atoms with van der Waals surface area (Å²) in [5.74, 6) is -0.486. The predicted octanol–water partition coefficient (Wildman–Crippen LogP) is 3.96. The molecule has 7 nitrogen and oxygen atoms in total. The van der Waals surface area contributed by atoms with Crippen molar-refractivity contribution in [2.24, 2.45) is 17.8 Å². The molecule has 152 valence electrons. The third kappa shape index (κ3) is 12.6. The summed E-state index contributed by atoms with van der Waals surface area (Å²) in [6, 6.07) is 0.